The van der Waals surface area contributed by atoms with Gasteiger partial charge in [0, 0.05) is 29.7 Å². The molecule has 3 rings (SSSR count). The molecule has 0 aliphatic heterocycles. The summed E-state index contributed by atoms with van der Waals surface area (Å²) in [4.78, 5) is 11.2. The first-order valence-corrected chi connectivity index (χ1v) is 12.1. The number of nitriles is 1. The van der Waals surface area contributed by atoms with Crippen LogP contribution < -0.4 is 10.0 Å². The first-order valence-electron chi connectivity index (χ1n) is 10.4. The molecule has 11 heteroatoms. The normalized spacial score (nSPS) is 13.1. The molecule has 0 saturated carbocycles. The number of hydrogen-bond acceptors (Lipinski definition) is 6. The molecule has 3 heterocycles. The van der Waals surface area contributed by atoms with Gasteiger partial charge < -0.3 is 10.3 Å². The minimum absolute atomic E-state index is 0.0484. The van der Waals surface area contributed by atoms with E-state index in [0.29, 0.717) is 29.6 Å². The van der Waals surface area contributed by atoms with E-state index in [4.69, 9.17) is 0 Å². The summed E-state index contributed by atoms with van der Waals surface area (Å²) in [5.74, 6) is -1.87. The number of aromatic nitrogens is 3. The van der Waals surface area contributed by atoms with E-state index in [-0.39, 0.29) is 22.8 Å². The van der Waals surface area contributed by atoms with Crippen molar-refractivity contribution in [2.24, 2.45) is 5.41 Å². The molecule has 0 aliphatic rings. The van der Waals surface area contributed by atoms with E-state index in [0.717, 1.165) is 12.3 Å². The van der Waals surface area contributed by atoms with E-state index in [1.165, 1.54) is 12.3 Å². The fourth-order valence-corrected chi connectivity index (χ4v) is 4.92. The van der Waals surface area contributed by atoms with Gasteiger partial charge >= 0.3 is 0 Å². The number of nitrogens with one attached hydrogen (secondary N) is 3. The molecular formula is C22H26F2N6O2S. The highest BCUT2D eigenvalue weighted by Crippen LogP contribution is 2.32. The predicted molar refractivity (Wildman–Crippen MR) is 123 cm³/mol. The molecule has 0 fully saturated rings. The molecule has 3 aromatic heterocycles. The number of pyridine rings is 2. The second-order valence-electron chi connectivity index (χ2n) is 8.82. The fourth-order valence-electron chi connectivity index (χ4n) is 3.26. The van der Waals surface area contributed by atoms with Gasteiger partial charge in [-0.05, 0) is 24.0 Å². The van der Waals surface area contributed by atoms with Gasteiger partial charge in [0.1, 0.15) is 17.5 Å². The summed E-state index contributed by atoms with van der Waals surface area (Å²) in [7, 11) is -3.63. The number of nitrogens with zero attached hydrogens (tertiary/aromatic N) is 3. The van der Waals surface area contributed by atoms with Crippen LogP contribution in [0.15, 0.2) is 24.5 Å². The standard InChI is InChI=1S/C22H26F2N6O2S/c1-5-6-28-33(31,32)12-18(22(2,3)4)29-21-17(24)7-13(9-25)19(30-21)16-11-27-20-15(16)8-14(23)10-26-20/h7-8,10-11,18,28H,5-6,12H2,1-4H3,(H,26,27)(H,29,30). The molecule has 8 nitrogen and oxygen atoms in total. The monoisotopic (exact) mass is 476 g/mol. The number of rotatable bonds is 8. The maximum Gasteiger partial charge on any atom is 0.213 e. The van der Waals surface area contributed by atoms with Gasteiger partial charge in [0.25, 0.3) is 0 Å². The van der Waals surface area contributed by atoms with Gasteiger partial charge in [0.2, 0.25) is 10.0 Å². The third-order valence-electron chi connectivity index (χ3n) is 5.16. The summed E-state index contributed by atoms with van der Waals surface area (Å²) < 4.78 is 56.2. The molecule has 0 amide bonds. The number of fused-ring (bicyclic) bond motifs is 1. The van der Waals surface area contributed by atoms with Crippen molar-refractivity contribution in [3.05, 3.63) is 41.7 Å². The summed E-state index contributed by atoms with van der Waals surface area (Å²) in [5, 5.41) is 12.8. The summed E-state index contributed by atoms with van der Waals surface area (Å²) in [6.45, 7) is 7.65. The molecule has 0 aromatic carbocycles. The lowest BCUT2D eigenvalue weighted by Gasteiger charge is -2.32. The highest BCUT2D eigenvalue weighted by Gasteiger charge is 2.31. The van der Waals surface area contributed by atoms with Crippen molar-refractivity contribution >= 4 is 26.9 Å². The second-order valence-corrected chi connectivity index (χ2v) is 10.7. The zero-order chi connectivity index (χ0) is 24.4. The summed E-state index contributed by atoms with van der Waals surface area (Å²) in [5.41, 5.74) is 0.266. The van der Waals surface area contributed by atoms with Crippen molar-refractivity contribution in [1.82, 2.24) is 19.7 Å². The van der Waals surface area contributed by atoms with E-state index in [1.807, 2.05) is 33.8 Å². The molecule has 0 spiro atoms. The van der Waals surface area contributed by atoms with Gasteiger partial charge in [0.15, 0.2) is 11.6 Å². The maximum atomic E-state index is 14.9. The van der Waals surface area contributed by atoms with Gasteiger partial charge in [-0.2, -0.15) is 5.26 Å². The van der Waals surface area contributed by atoms with Crippen LogP contribution in [-0.2, 0) is 10.0 Å². The van der Waals surface area contributed by atoms with Crippen LogP contribution in [0.2, 0.25) is 0 Å². The molecule has 0 saturated heterocycles. The number of hydrogen-bond donors (Lipinski definition) is 3. The fraction of sp³-hybridized carbons (Fsp3) is 0.409. The Hall–Kier alpha value is -3.10. The van der Waals surface area contributed by atoms with E-state index in [9.17, 15) is 22.5 Å². The van der Waals surface area contributed by atoms with Gasteiger partial charge in [-0.3, -0.25) is 0 Å². The van der Waals surface area contributed by atoms with Crippen LogP contribution in [0, 0.1) is 28.4 Å². The lowest BCUT2D eigenvalue weighted by molar-refractivity contribution is 0.357. The van der Waals surface area contributed by atoms with Crippen molar-refractivity contribution in [2.45, 2.75) is 40.2 Å². The van der Waals surface area contributed by atoms with E-state index < -0.39 is 33.1 Å². The maximum absolute atomic E-state index is 14.9. The molecule has 176 valence electrons. The van der Waals surface area contributed by atoms with Gasteiger partial charge in [0.05, 0.1) is 23.2 Å². The van der Waals surface area contributed by atoms with Gasteiger partial charge in [-0.1, -0.05) is 27.7 Å². The van der Waals surface area contributed by atoms with Crippen LogP contribution in [0.4, 0.5) is 14.6 Å². The summed E-state index contributed by atoms with van der Waals surface area (Å²) in [6, 6.07) is 3.49. The molecule has 0 aliphatic carbocycles. The van der Waals surface area contributed by atoms with Gasteiger partial charge in [-0.15, -0.1) is 0 Å². The Kier molecular flexibility index (Phi) is 7.00. The number of halogens is 2. The second kappa shape index (κ2) is 9.41. The largest absolute Gasteiger partial charge is 0.363 e. The van der Waals surface area contributed by atoms with E-state index in [2.05, 4.69) is 25.0 Å². The summed E-state index contributed by atoms with van der Waals surface area (Å²) in [6.07, 6.45) is 3.21. The third-order valence-corrected chi connectivity index (χ3v) is 6.58. The van der Waals surface area contributed by atoms with Crippen LogP contribution in [0.25, 0.3) is 22.3 Å². The number of aromatic amines is 1. The first kappa shape index (κ1) is 24.5. The zero-order valence-electron chi connectivity index (χ0n) is 18.8. The third kappa shape index (κ3) is 5.64. The number of H-pyrrole nitrogens is 1. The quantitative estimate of drug-likeness (QED) is 0.453. The molecule has 0 radical (unpaired) electrons. The average Bonchev–Trinajstić information content (AvgIpc) is 3.14. The van der Waals surface area contributed by atoms with Crippen molar-refractivity contribution in [3.8, 4) is 17.3 Å². The van der Waals surface area contributed by atoms with Crippen molar-refractivity contribution in [3.63, 3.8) is 0 Å². The van der Waals surface area contributed by atoms with Crippen LogP contribution in [0.3, 0.4) is 0 Å². The first-order chi connectivity index (χ1) is 15.4. The Morgan fingerprint density at radius 3 is 2.64 bits per heavy atom. The Labute approximate surface area is 191 Å². The lowest BCUT2D eigenvalue weighted by Crippen LogP contribution is -2.44. The van der Waals surface area contributed by atoms with Crippen LogP contribution in [0.5, 0.6) is 0 Å². The van der Waals surface area contributed by atoms with Crippen molar-refractivity contribution in [2.75, 3.05) is 17.6 Å². The van der Waals surface area contributed by atoms with Crippen LogP contribution in [-0.4, -0.2) is 41.7 Å². The Morgan fingerprint density at radius 1 is 1.27 bits per heavy atom. The topological polar surface area (TPSA) is 124 Å². The molecule has 33 heavy (non-hydrogen) atoms. The van der Waals surface area contributed by atoms with Gasteiger partial charge in [-0.25, -0.2) is 31.9 Å². The highest BCUT2D eigenvalue weighted by molar-refractivity contribution is 7.89. The predicted octanol–water partition coefficient (Wildman–Crippen LogP) is 3.93. The van der Waals surface area contributed by atoms with Crippen molar-refractivity contribution in [1.29, 1.82) is 5.26 Å². The average molecular weight is 477 g/mol. The Bertz CT molecular complexity index is 1310. The molecule has 3 aromatic rings. The molecule has 1 atom stereocenters. The molecule has 1 unspecified atom stereocenters. The smallest absolute Gasteiger partial charge is 0.213 e. The number of anilines is 1. The van der Waals surface area contributed by atoms with E-state index >= 15 is 0 Å². The zero-order valence-corrected chi connectivity index (χ0v) is 19.6. The lowest BCUT2D eigenvalue weighted by atomic mass is 9.88. The molecular weight excluding hydrogens is 450 g/mol. The highest BCUT2D eigenvalue weighted by atomic mass is 32.2. The van der Waals surface area contributed by atoms with Crippen LogP contribution in [0.1, 0.15) is 39.7 Å². The Balaban J connectivity index is 2.06. The minimum Gasteiger partial charge on any atom is -0.363 e. The summed E-state index contributed by atoms with van der Waals surface area (Å²) >= 11 is 0. The number of sulfonamides is 1. The van der Waals surface area contributed by atoms with Crippen molar-refractivity contribution < 1.29 is 17.2 Å². The minimum atomic E-state index is -3.63. The van der Waals surface area contributed by atoms with E-state index in [1.54, 1.807) is 0 Å². The SMILES string of the molecule is CCCNS(=O)(=O)CC(Nc1nc(-c2c[nH]c3ncc(F)cc23)c(C#N)cc1F)C(C)(C)C. The molecule has 0 bridgehead atoms. The Morgan fingerprint density at radius 2 is 2.00 bits per heavy atom. The molecule has 3 N–H and O–H groups in total. The van der Waals surface area contributed by atoms with Crippen LogP contribution >= 0.6 is 0 Å².